The van der Waals surface area contributed by atoms with Gasteiger partial charge in [0.1, 0.15) is 0 Å². The molecular formula is C45H75. The third-order valence-electron chi connectivity index (χ3n) is 10.4. The lowest BCUT2D eigenvalue weighted by Gasteiger charge is -2.19. The molecule has 0 nitrogen and oxygen atoms in total. The summed E-state index contributed by atoms with van der Waals surface area (Å²) in [6.45, 7) is 11.5. The highest BCUT2D eigenvalue weighted by molar-refractivity contribution is 5.34. The predicted octanol–water partition coefficient (Wildman–Crippen LogP) is 14.4. The van der Waals surface area contributed by atoms with Gasteiger partial charge in [-0.3, -0.25) is 0 Å². The van der Waals surface area contributed by atoms with Crippen LogP contribution in [0.1, 0.15) is 196 Å². The maximum absolute atomic E-state index is 2.66. The molecule has 45 heavy (non-hydrogen) atoms. The zero-order valence-electron chi connectivity index (χ0n) is 31.0. The Kier molecular flexibility index (Phi) is 23.3. The van der Waals surface area contributed by atoms with Crippen molar-refractivity contribution in [2.75, 3.05) is 0 Å². The van der Waals surface area contributed by atoms with Gasteiger partial charge in [-0.1, -0.05) is 193 Å². The average Bonchev–Trinajstić information content (AvgIpc) is 3.07. The second-order valence-electron chi connectivity index (χ2n) is 14.2. The van der Waals surface area contributed by atoms with Gasteiger partial charge in [-0.25, -0.2) is 0 Å². The van der Waals surface area contributed by atoms with Gasteiger partial charge in [0, 0.05) is 0 Å². The number of hydrogen-bond donors (Lipinski definition) is 0. The fourth-order valence-electron chi connectivity index (χ4n) is 7.35. The van der Waals surface area contributed by atoms with Crippen molar-refractivity contribution >= 4 is 0 Å². The second kappa shape index (κ2) is 26.5. The monoisotopic (exact) mass is 616 g/mol. The minimum absolute atomic E-state index is 0.670. The van der Waals surface area contributed by atoms with Crippen LogP contribution in [0, 0.1) is 12.3 Å². The zero-order chi connectivity index (χ0) is 32.4. The molecular weight excluding hydrogens is 540 g/mol. The number of benzene rings is 2. The molecule has 0 fully saturated rings. The van der Waals surface area contributed by atoms with Gasteiger partial charge in [-0.2, -0.15) is 0 Å². The summed E-state index contributed by atoms with van der Waals surface area (Å²) in [5.41, 5.74) is 9.19. The van der Waals surface area contributed by atoms with Gasteiger partial charge in [0.2, 0.25) is 0 Å². The van der Waals surface area contributed by atoms with Crippen molar-refractivity contribution in [1.82, 2.24) is 0 Å². The first-order valence-electron chi connectivity index (χ1n) is 20.2. The van der Waals surface area contributed by atoms with E-state index in [2.05, 4.69) is 77.4 Å². The fourth-order valence-corrected chi connectivity index (χ4v) is 7.35. The summed E-state index contributed by atoms with van der Waals surface area (Å²) in [7, 11) is 0. The van der Waals surface area contributed by atoms with Crippen LogP contribution in [0.3, 0.4) is 0 Å². The summed E-state index contributed by atoms with van der Waals surface area (Å²) in [4.78, 5) is 0. The normalized spacial score (nSPS) is 12.2. The smallest absolute Gasteiger partial charge is 0.0245 e. The van der Waals surface area contributed by atoms with E-state index < -0.39 is 0 Å². The number of unbranched alkanes of at least 4 members (excludes halogenated alkanes) is 18. The van der Waals surface area contributed by atoms with E-state index in [9.17, 15) is 0 Å². The third-order valence-corrected chi connectivity index (χ3v) is 10.4. The van der Waals surface area contributed by atoms with Crippen molar-refractivity contribution in [3.8, 4) is 0 Å². The van der Waals surface area contributed by atoms with E-state index >= 15 is 0 Å². The molecule has 0 N–H and O–H groups in total. The van der Waals surface area contributed by atoms with E-state index in [0.29, 0.717) is 5.92 Å². The van der Waals surface area contributed by atoms with Gasteiger partial charge in [0.25, 0.3) is 0 Å². The Morgan fingerprint density at radius 1 is 0.422 bits per heavy atom. The number of aryl methyl sites for hydroxylation is 4. The van der Waals surface area contributed by atoms with Crippen molar-refractivity contribution in [2.24, 2.45) is 5.92 Å². The van der Waals surface area contributed by atoms with Crippen LogP contribution in [0.2, 0.25) is 0 Å². The summed E-state index contributed by atoms with van der Waals surface area (Å²) in [5.74, 6) is 0.670. The van der Waals surface area contributed by atoms with E-state index in [1.165, 1.54) is 152 Å². The molecule has 0 aliphatic heterocycles. The summed E-state index contributed by atoms with van der Waals surface area (Å²) >= 11 is 0. The molecule has 255 valence electrons. The van der Waals surface area contributed by atoms with Gasteiger partial charge < -0.3 is 0 Å². The molecule has 2 aromatic rings. The molecule has 1 radical (unpaired) electrons. The molecule has 1 unspecified atom stereocenters. The Balaban J connectivity index is 1.64. The molecule has 0 amide bonds. The van der Waals surface area contributed by atoms with E-state index in [1.54, 1.807) is 16.7 Å². The molecule has 0 aliphatic rings. The molecule has 0 bridgehead atoms. The molecule has 2 rings (SSSR count). The molecule has 0 aliphatic carbocycles. The Hall–Kier alpha value is -1.56. The molecule has 2 aromatic carbocycles. The number of rotatable bonds is 29. The molecule has 0 saturated carbocycles. The maximum atomic E-state index is 2.66. The van der Waals surface area contributed by atoms with Crippen LogP contribution in [0.15, 0.2) is 36.4 Å². The molecule has 0 heteroatoms. The van der Waals surface area contributed by atoms with E-state index in [0.717, 1.165) is 32.1 Å². The first-order valence-corrected chi connectivity index (χ1v) is 20.2. The SMILES string of the molecule is CCCCCCCCCCCCCCCCCCCCCC([CH]Cc1ccc(CC)c(CC)c1)Cc1ccc(CC)c(CC)c1. The lowest BCUT2D eigenvalue weighted by molar-refractivity contribution is 0.482. The lowest BCUT2D eigenvalue weighted by atomic mass is 9.86. The van der Waals surface area contributed by atoms with E-state index in [1.807, 2.05) is 0 Å². The molecule has 0 saturated heterocycles. The predicted molar refractivity (Wildman–Crippen MR) is 204 cm³/mol. The Bertz CT molecular complexity index is 968. The van der Waals surface area contributed by atoms with Crippen molar-refractivity contribution < 1.29 is 0 Å². The largest absolute Gasteiger partial charge is 0.0654 e. The highest BCUT2D eigenvalue weighted by atomic mass is 14.2. The summed E-state index contributed by atoms with van der Waals surface area (Å²) < 4.78 is 0. The van der Waals surface area contributed by atoms with Crippen LogP contribution >= 0.6 is 0 Å². The van der Waals surface area contributed by atoms with Crippen LogP contribution in [0.4, 0.5) is 0 Å². The van der Waals surface area contributed by atoms with Crippen LogP contribution in [0.5, 0.6) is 0 Å². The average molecular weight is 616 g/mol. The van der Waals surface area contributed by atoms with Crippen molar-refractivity contribution in [3.05, 3.63) is 76.2 Å². The fraction of sp³-hybridized carbons (Fsp3) is 0.711. The zero-order valence-corrected chi connectivity index (χ0v) is 31.0. The van der Waals surface area contributed by atoms with Crippen LogP contribution in [-0.4, -0.2) is 0 Å². The Morgan fingerprint density at radius 3 is 1.22 bits per heavy atom. The highest BCUT2D eigenvalue weighted by Gasteiger charge is 2.13. The molecule has 0 aromatic heterocycles. The minimum atomic E-state index is 0.670. The van der Waals surface area contributed by atoms with Gasteiger partial charge >= 0.3 is 0 Å². The number of hydrogen-bond acceptors (Lipinski definition) is 0. The standard InChI is InChI=1S/C45H75/c1-6-11-12-13-14-15-16-17-18-19-20-21-22-23-24-25-26-27-28-29-39(36-41-33-35-43(8-3)45(10-5)38-41)30-31-40-32-34-42(7-2)44(9-4)37-40/h30,32-35,37-39H,6-29,31,36H2,1-5H3. The Labute approximate surface area is 283 Å². The van der Waals surface area contributed by atoms with Crippen molar-refractivity contribution in [1.29, 1.82) is 0 Å². The highest BCUT2D eigenvalue weighted by Crippen LogP contribution is 2.25. The molecule has 1 atom stereocenters. The quantitative estimate of drug-likeness (QED) is 0.0799. The van der Waals surface area contributed by atoms with Gasteiger partial charge in [0.05, 0.1) is 0 Å². The second-order valence-corrected chi connectivity index (χ2v) is 14.2. The summed E-state index contributed by atoms with van der Waals surface area (Å²) in [6, 6.07) is 14.6. The van der Waals surface area contributed by atoms with Crippen LogP contribution in [-0.2, 0) is 38.5 Å². The van der Waals surface area contributed by atoms with E-state index in [4.69, 9.17) is 0 Å². The first kappa shape index (κ1) is 39.6. The Morgan fingerprint density at radius 2 is 0.800 bits per heavy atom. The first-order chi connectivity index (χ1) is 22.1. The summed E-state index contributed by atoms with van der Waals surface area (Å²) in [6.07, 6.45) is 38.4. The minimum Gasteiger partial charge on any atom is -0.0654 e. The lowest BCUT2D eigenvalue weighted by Crippen LogP contribution is -2.09. The summed E-state index contributed by atoms with van der Waals surface area (Å²) in [5, 5.41) is 0. The van der Waals surface area contributed by atoms with Crippen LogP contribution in [0.25, 0.3) is 0 Å². The van der Waals surface area contributed by atoms with Gasteiger partial charge in [0.15, 0.2) is 0 Å². The van der Waals surface area contributed by atoms with Gasteiger partial charge in [-0.05, 0) is 90.7 Å². The van der Waals surface area contributed by atoms with Crippen LogP contribution < -0.4 is 0 Å². The third kappa shape index (κ3) is 17.8. The maximum Gasteiger partial charge on any atom is -0.0245 e. The molecule has 0 spiro atoms. The van der Waals surface area contributed by atoms with Gasteiger partial charge in [-0.15, -0.1) is 0 Å². The van der Waals surface area contributed by atoms with Crippen molar-refractivity contribution in [2.45, 2.75) is 202 Å². The molecule has 0 heterocycles. The topological polar surface area (TPSA) is 0 Å². The van der Waals surface area contributed by atoms with Crippen molar-refractivity contribution in [3.63, 3.8) is 0 Å². The van der Waals surface area contributed by atoms with E-state index in [-0.39, 0.29) is 0 Å².